The predicted molar refractivity (Wildman–Crippen MR) is 101 cm³/mol. The van der Waals surface area contributed by atoms with Gasteiger partial charge >= 0.3 is 0 Å². The van der Waals surface area contributed by atoms with Gasteiger partial charge in [-0.15, -0.1) is 0 Å². The molecule has 0 bridgehead atoms. The van der Waals surface area contributed by atoms with Crippen molar-refractivity contribution in [1.29, 1.82) is 0 Å². The average Bonchev–Trinajstić information content (AvgIpc) is 2.97. The first-order chi connectivity index (χ1) is 13.0. The molecular formula is C22H22FNO3. The lowest BCUT2D eigenvalue weighted by Gasteiger charge is -2.30. The van der Waals surface area contributed by atoms with Gasteiger partial charge in [0.05, 0.1) is 11.1 Å². The Balaban J connectivity index is 1.64. The van der Waals surface area contributed by atoms with E-state index in [4.69, 9.17) is 4.74 Å². The number of fused-ring (bicyclic) bond motifs is 1. The second-order valence-corrected chi connectivity index (χ2v) is 7.36. The number of allylic oxidation sites excluding steroid dienone is 1. The van der Waals surface area contributed by atoms with Gasteiger partial charge in [0.15, 0.2) is 5.76 Å². The maximum atomic E-state index is 13.9. The molecule has 27 heavy (non-hydrogen) atoms. The number of ketones is 1. The average molecular weight is 367 g/mol. The van der Waals surface area contributed by atoms with Crippen LogP contribution in [0.3, 0.4) is 0 Å². The van der Waals surface area contributed by atoms with Crippen LogP contribution in [0.25, 0.3) is 6.08 Å². The first-order valence-electron chi connectivity index (χ1n) is 9.29. The second-order valence-electron chi connectivity index (χ2n) is 7.36. The van der Waals surface area contributed by atoms with E-state index < -0.39 is 5.82 Å². The minimum atomic E-state index is -0.414. The monoisotopic (exact) mass is 367 g/mol. The van der Waals surface area contributed by atoms with Crippen LogP contribution in [0.1, 0.15) is 41.3 Å². The third-order valence-electron chi connectivity index (χ3n) is 5.37. The molecule has 0 unspecified atom stereocenters. The molecule has 1 fully saturated rings. The number of benzene rings is 2. The predicted octanol–water partition coefficient (Wildman–Crippen LogP) is 4.38. The number of phenolic OH excluding ortho intramolecular Hbond substituents is 1. The second kappa shape index (κ2) is 7.16. The van der Waals surface area contributed by atoms with Crippen LogP contribution in [-0.4, -0.2) is 28.9 Å². The number of Topliss-reactive ketones (excluding diaryl/α,β-unsaturated/α-hetero) is 1. The number of likely N-dealkylation sites (tertiary alicyclic amines) is 1. The van der Waals surface area contributed by atoms with E-state index in [0.29, 0.717) is 34.9 Å². The molecule has 2 aromatic carbocycles. The van der Waals surface area contributed by atoms with E-state index in [1.54, 1.807) is 24.3 Å². The smallest absolute Gasteiger partial charge is 0.231 e. The lowest BCUT2D eigenvalue weighted by molar-refractivity contribution is 0.101. The number of hydrogen-bond donors (Lipinski definition) is 1. The number of carbonyl (C=O) groups is 1. The maximum Gasteiger partial charge on any atom is 0.231 e. The Morgan fingerprint density at radius 1 is 1.22 bits per heavy atom. The molecule has 0 radical (unpaired) electrons. The quantitative estimate of drug-likeness (QED) is 0.818. The largest absolute Gasteiger partial charge is 0.507 e. The first-order valence-corrected chi connectivity index (χ1v) is 9.29. The lowest BCUT2D eigenvalue weighted by atomic mass is 9.98. The number of aromatic hydroxyl groups is 1. The topological polar surface area (TPSA) is 49.8 Å². The van der Waals surface area contributed by atoms with Gasteiger partial charge in [-0.1, -0.05) is 25.1 Å². The molecule has 2 aliphatic rings. The molecule has 0 spiro atoms. The minimum Gasteiger partial charge on any atom is -0.507 e. The third-order valence-corrected chi connectivity index (χ3v) is 5.37. The van der Waals surface area contributed by atoms with Crippen LogP contribution in [0, 0.1) is 11.7 Å². The maximum absolute atomic E-state index is 13.9. The molecule has 4 nitrogen and oxygen atoms in total. The summed E-state index contributed by atoms with van der Waals surface area (Å²) >= 11 is 0. The van der Waals surface area contributed by atoms with Crippen LogP contribution in [0.2, 0.25) is 0 Å². The first kappa shape index (κ1) is 17.7. The van der Waals surface area contributed by atoms with Crippen molar-refractivity contribution in [2.75, 3.05) is 13.1 Å². The summed E-state index contributed by atoms with van der Waals surface area (Å²) in [6.07, 6.45) is 3.66. The lowest BCUT2D eigenvalue weighted by Crippen LogP contribution is -2.32. The molecule has 2 heterocycles. The zero-order valence-electron chi connectivity index (χ0n) is 15.2. The minimum absolute atomic E-state index is 0.0780. The van der Waals surface area contributed by atoms with Gasteiger partial charge in [-0.25, -0.2) is 4.39 Å². The fourth-order valence-electron chi connectivity index (χ4n) is 3.63. The van der Waals surface area contributed by atoms with Gasteiger partial charge in [0, 0.05) is 12.1 Å². The summed E-state index contributed by atoms with van der Waals surface area (Å²) in [5.74, 6) is 0.594. The Labute approximate surface area is 157 Å². The number of carbonyl (C=O) groups excluding carboxylic acids is 1. The number of hydrogen-bond acceptors (Lipinski definition) is 4. The summed E-state index contributed by atoms with van der Waals surface area (Å²) < 4.78 is 19.7. The zero-order valence-corrected chi connectivity index (χ0v) is 15.2. The number of piperidine rings is 1. The van der Waals surface area contributed by atoms with Crippen molar-refractivity contribution < 1.29 is 19.0 Å². The Kier molecular flexibility index (Phi) is 4.70. The Hall–Kier alpha value is -2.66. The number of rotatable bonds is 3. The normalized spacial score (nSPS) is 19.3. The van der Waals surface area contributed by atoms with E-state index in [0.717, 1.165) is 25.9 Å². The Morgan fingerprint density at radius 3 is 2.70 bits per heavy atom. The Bertz CT molecular complexity index is 914. The summed E-state index contributed by atoms with van der Waals surface area (Å²) in [4.78, 5) is 15.0. The summed E-state index contributed by atoms with van der Waals surface area (Å²) in [6.45, 7) is 4.69. The molecule has 4 rings (SSSR count). The van der Waals surface area contributed by atoms with Crippen LogP contribution in [0.15, 0.2) is 42.2 Å². The zero-order chi connectivity index (χ0) is 19.0. The van der Waals surface area contributed by atoms with Gasteiger partial charge in [-0.05, 0) is 56.1 Å². The summed E-state index contributed by atoms with van der Waals surface area (Å²) in [5, 5.41) is 10.4. The van der Waals surface area contributed by atoms with Gasteiger partial charge in [0.25, 0.3) is 0 Å². The van der Waals surface area contributed by atoms with Crippen LogP contribution in [0.5, 0.6) is 11.5 Å². The summed E-state index contributed by atoms with van der Waals surface area (Å²) in [6, 6.07) is 9.34. The molecule has 0 atom stereocenters. The van der Waals surface area contributed by atoms with E-state index in [1.807, 2.05) is 0 Å². The van der Waals surface area contributed by atoms with E-state index in [9.17, 15) is 14.3 Å². The van der Waals surface area contributed by atoms with Crippen molar-refractivity contribution in [3.8, 4) is 11.5 Å². The summed E-state index contributed by atoms with van der Waals surface area (Å²) in [7, 11) is 0. The molecule has 140 valence electrons. The van der Waals surface area contributed by atoms with Crippen molar-refractivity contribution in [3.63, 3.8) is 0 Å². The van der Waals surface area contributed by atoms with Crippen molar-refractivity contribution in [2.24, 2.45) is 5.92 Å². The highest BCUT2D eigenvalue weighted by molar-refractivity contribution is 6.15. The third kappa shape index (κ3) is 3.47. The number of ether oxygens (including phenoxy) is 1. The van der Waals surface area contributed by atoms with Gasteiger partial charge in [-0.2, -0.15) is 0 Å². The summed E-state index contributed by atoms with van der Waals surface area (Å²) in [5.41, 5.74) is 1.33. The molecular weight excluding hydrogens is 345 g/mol. The SMILES string of the molecule is CC1CCN(Cc2c(O)ccc3c2O/C(=C\c2ccccc2F)C3=O)CC1. The number of nitrogens with zero attached hydrogens (tertiary/aromatic N) is 1. The standard InChI is InChI=1S/C22H22FNO3/c1-14-8-10-24(11-9-14)13-17-19(25)7-6-16-21(26)20(27-22(16)17)12-15-4-2-3-5-18(15)23/h2-7,12,14,25H,8-11,13H2,1H3/b20-12-. The van der Waals surface area contributed by atoms with E-state index in [1.165, 1.54) is 18.2 Å². The molecule has 0 aromatic heterocycles. The molecule has 2 aromatic rings. The van der Waals surface area contributed by atoms with Gasteiger partial charge < -0.3 is 9.84 Å². The van der Waals surface area contributed by atoms with Gasteiger partial charge in [0.2, 0.25) is 5.78 Å². The van der Waals surface area contributed by atoms with Crippen LogP contribution >= 0.6 is 0 Å². The highest BCUT2D eigenvalue weighted by Crippen LogP contribution is 2.40. The van der Waals surface area contributed by atoms with Crippen LogP contribution in [0.4, 0.5) is 4.39 Å². The highest BCUT2D eigenvalue weighted by atomic mass is 19.1. The fraction of sp³-hybridized carbons (Fsp3) is 0.318. The number of phenols is 1. The molecule has 5 heteroatoms. The molecule has 0 saturated carbocycles. The van der Waals surface area contributed by atoms with Crippen LogP contribution < -0.4 is 4.74 Å². The van der Waals surface area contributed by atoms with Gasteiger partial charge in [0.1, 0.15) is 17.3 Å². The molecule has 0 aliphatic carbocycles. The Morgan fingerprint density at radius 2 is 1.96 bits per heavy atom. The molecule has 1 N–H and O–H groups in total. The van der Waals surface area contributed by atoms with Gasteiger partial charge in [-0.3, -0.25) is 9.69 Å². The molecule has 2 aliphatic heterocycles. The van der Waals surface area contributed by atoms with Crippen molar-refractivity contribution in [1.82, 2.24) is 4.90 Å². The van der Waals surface area contributed by atoms with Crippen molar-refractivity contribution in [2.45, 2.75) is 26.3 Å². The van der Waals surface area contributed by atoms with Crippen molar-refractivity contribution >= 4 is 11.9 Å². The molecule has 0 amide bonds. The highest BCUT2D eigenvalue weighted by Gasteiger charge is 2.32. The number of halogens is 1. The fourth-order valence-corrected chi connectivity index (χ4v) is 3.63. The van der Waals surface area contributed by atoms with E-state index >= 15 is 0 Å². The van der Waals surface area contributed by atoms with Crippen LogP contribution in [-0.2, 0) is 6.54 Å². The van der Waals surface area contributed by atoms with E-state index in [2.05, 4.69) is 11.8 Å². The molecule has 1 saturated heterocycles. The van der Waals surface area contributed by atoms with E-state index in [-0.39, 0.29) is 17.3 Å². The van der Waals surface area contributed by atoms with Crippen molar-refractivity contribution in [3.05, 3.63) is 64.7 Å².